The monoisotopic (exact) mass is 715 g/mol. The highest BCUT2D eigenvalue weighted by atomic mass is 16.8. The summed E-state index contributed by atoms with van der Waals surface area (Å²) in [5, 5.41) is 14.6. The van der Waals surface area contributed by atoms with E-state index in [0.717, 1.165) is 16.7 Å². The van der Waals surface area contributed by atoms with Gasteiger partial charge < -0.3 is 34.9 Å². The third kappa shape index (κ3) is 8.61. The Morgan fingerprint density at radius 1 is 0.830 bits per heavy atom. The molecule has 0 bridgehead atoms. The van der Waals surface area contributed by atoms with Gasteiger partial charge in [-0.25, -0.2) is 4.79 Å². The summed E-state index contributed by atoms with van der Waals surface area (Å²) in [6.07, 6.45) is 2.48. The number of amides is 3. The zero-order valence-corrected chi connectivity index (χ0v) is 29.4. The van der Waals surface area contributed by atoms with Gasteiger partial charge in [0, 0.05) is 61.9 Å². The molecule has 3 atom stereocenters. The summed E-state index contributed by atoms with van der Waals surface area (Å²) in [6.45, 7) is 0.0864. The Balaban J connectivity index is 1.26. The molecule has 11 nitrogen and oxygen atoms in total. The fraction of sp³-hybridized carbons (Fsp3) is 0.238. The van der Waals surface area contributed by atoms with Crippen molar-refractivity contribution in [3.63, 3.8) is 0 Å². The molecule has 0 aromatic heterocycles. The smallest absolute Gasteiger partial charge is 0.338 e. The van der Waals surface area contributed by atoms with Crippen molar-refractivity contribution >= 4 is 29.8 Å². The quantitative estimate of drug-likeness (QED) is 0.145. The second kappa shape index (κ2) is 16.6. The molecule has 4 aromatic rings. The summed E-state index contributed by atoms with van der Waals surface area (Å²) in [5.74, 6) is -2.83. The van der Waals surface area contributed by atoms with Crippen LogP contribution in [0.2, 0.25) is 0 Å². The molecule has 3 amide bonds. The van der Waals surface area contributed by atoms with Crippen molar-refractivity contribution in [2.45, 2.75) is 37.1 Å². The normalized spacial score (nSPS) is 18.8. The van der Waals surface area contributed by atoms with E-state index in [1.807, 2.05) is 60.7 Å². The van der Waals surface area contributed by atoms with Crippen LogP contribution >= 0.6 is 0 Å². The second-order valence-corrected chi connectivity index (χ2v) is 12.9. The van der Waals surface area contributed by atoms with Gasteiger partial charge in [-0.05, 0) is 47.5 Å². The third-order valence-corrected chi connectivity index (χ3v) is 8.98. The summed E-state index contributed by atoms with van der Waals surface area (Å²) in [4.78, 5) is 53.3. The minimum absolute atomic E-state index is 0.0544. The average molecular weight is 716 g/mol. The van der Waals surface area contributed by atoms with Gasteiger partial charge in [-0.1, -0.05) is 84.9 Å². The van der Waals surface area contributed by atoms with Gasteiger partial charge in [-0.3, -0.25) is 14.4 Å². The van der Waals surface area contributed by atoms with E-state index >= 15 is 0 Å². The van der Waals surface area contributed by atoms with Crippen LogP contribution in [0, 0.1) is 0 Å². The molecule has 0 spiro atoms. The highest BCUT2D eigenvalue weighted by Crippen LogP contribution is 2.47. The Labute approximate surface area is 307 Å². The topological polar surface area (TPSA) is 144 Å². The predicted octanol–water partition coefficient (Wildman–Crippen LogP) is 4.37. The van der Waals surface area contributed by atoms with E-state index in [-0.39, 0.29) is 49.4 Å². The van der Waals surface area contributed by atoms with Crippen LogP contribution in [0.5, 0.6) is 0 Å². The molecule has 1 fully saturated rings. The number of aliphatic hydroxyl groups excluding tert-OH is 1. The molecule has 0 radical (unpaired) electrons. The number of rotatable bonds is 12. The summed E-state index contributed by atoms with van der Waals surface area (Å²) in [5.41, 5.74) is 3.95. The largest absolute Gasteiger partial charge is 0.456 e. The maximum Gasteiger partial charge on any atom is 0.338 e. The van der Waals surface area contributed by atoms with E-state index in [4.69, 9.17) is 19.3 Å². The summed E-state index contributed by atoms with van der Waals surface area (Å²) < 4.78 is 19.7. The molecule has 272 valence electrons. The number of aliphatic hydroxyl groups is 1. The van der Waals surface area contributed by atoms with Crippen LogP contribution in [0.4, 0.5) is 0 Å². The fourth-order valence-corrected chi connectivity index (χ4v) is 6.23. The fourth-order valence-electron chi connectivity index (χ4n) is 6.23. The lowest BCUT2D eigenvalue weighted by atomic mass is 9.91. The van der Waals surface area contributed by atoms with E-state index in [2.05, 4.69) is 10.6 Å². The molecular formula is C42H41N3O8. The van der Waals surface area contributed by atoms with E-state index in [1.165, 1.54) is 11.0 Å². The molecule has 0 saturated carbocycles. The van der Waals surface area contributed by atoms with E-state index in [0.29, 0.717) is 16.7 Å². The molecule has 3 N–H and O–H groups in total. The highest BCUT2D eigenvalue weighted by molar-refractivity contribution is 5.95. The van der Waals surface area contributed by atoms with Crippen molar-refractivity contribution in [2.75, 3.05) is 27.2 Å². The SMILES string of the molecule is CN(C)C(=O)C=Cc1ccc(C(=O)OC2CC(C(=O)NCc3cccc(C(=O)NCCO)c3)=CC3OC(c4ccccc4)(c4ccccc4)OC32)cc1. The van der Waals surface area contributed by atoms with Gasteiger partial charge in [0.2, 0.25) is 17.6 Å². The number of ether oxygens (including phenoxy) is 3. The van der Waals surface area contributed by atoms with Crippen LogP contribution in [0.1, 0.15) is 49.4 Å². The Morgan fingerprint density at radius 3 is 2.15 bits per heavy atom. The molecule has 4 aromatic carbocycles. The van der Waals surface area contributed by atoms with Crippen molar-refractivity contribution in [1.29, 1.82) is 0 Å². The van der Waals surface area contributed by atoms with Crippen LogP contribution < -0.4 is 10.6 Å². The maximum absolute atomic E-state index is 13.8. The highest BCUT2D eigenvalue weighted by Gasteiger charge is 2.55. The number of esters is 1. The molecule has 2 aliphatic rings. The summed E-state index contributed by atoms with van der Waals surface area (Å²) >= 11 is 0. The molecule has 1 heterocycles. The predicted molar refractivity (Wildman–Crippen MR) is 197 cm³/mol. The standard InChI is InChI=1S/C42H41N3O8/c1-45(2)37(47)21-18-28-16-19-30(20-17-28)41(50)51-35-25-32(40(49)44-27-29-10-9-11-31(24-29)39(48)43-22-23-46)26-36-38(35)53-42(52-36,33-12-5-3-6-13-33)34-14-7-4-8-15-34/h3-21,24,26,35-36,38,46H,22-23,25,27H2,1-2H3,(H,43,48)(H,44,49). The van der Waals surface area contributed by atoms with Crippen molar-refractivity contribution in [2.24, 2.45) is 0 Å². The molecule has 11 heteroatoms. The number of fused-ring (bicyclic) bond motifs is 1. The lowest BCUT2D eigenvalue weighted by Gasteiger charge is -2.31. The first kappa shape index (κ1) is 36.9. The Hall–Kier alpha value is -5.88. The van der Waals surface area contributed by atoms with Crippen LogP contribution in [-0.2, 0) is 36.1 Å². The number of carbonyl (C=O) groups excluding carboxylic acids is 4. The number of hydrogen-bond donors (Lipinski definition) is 3. The molecule has 1 aliphatic heterocycles. The molecule has 3 unspecified atom stereocenters. The molecule has 53 heavy (non-hydrogen) atoms. The van der Waals surface area contributed by atoms with Crippen LogP contribution in [0.25, 0.3) is 6.08 Å². The number of carbonyl (C=O) groups is 4. The Morgan fingerprint density at radius 2 is 1.51 bits per heavy atom. The summed E-state index contributed by atoms with van der Waals surface area (Å²) in [6, 6.07) is 32.5. The number of likely N-dealkylation sites (N-methyl/N-ethyl adjacent to an activating group) is 1. The second-order valence-electron chi connectivity index (χ2n) is 12.9. The first-order chi connectivity index (χ1) is 25.7. The number of nitrogens with zero attached hydrogens (tertiary/aromatic N) is 1. The molecule has 6 rings (SSSR count). The number of hydrogen-bond acceptors (Lipinski definition) is 8. The molecule has 1 saturated heterocycles. The van der Waals surface area contributed by atoms with Crippen molar-refractivity contribution in [3.8, 4) is 0 Å². The molecular weight excluding hydrogens is 674 g/mol. The van der Waals surface area contributed by atoms with Crippen LogP contribution in [0.15, 0.2) is 127 Å². The molecule has 1 aliphatic carbocycles. The van der Waals surface area contributed by atoms with Crippen molar-refractivity contribution in [1.82, 2.24) is 15.5 Å². The van der Waals surface area contributed by atoms with Crippen molar-refractivity contribution in [3.05, 3.63) is 160 Å². The first-order valence-corrected chi connectivity index (χ1v) is 17.3. The Kier molecular flexibility index (Phi) is 11.6. The van der Waals surface area contributed by atoms with E-state index in [9.17, 15) is 19.2 Å². The first-order valence-electron chi connectivity index (χ1n) is 17.3. The van der Waals surface area contributed by atoms with Crippen molar-refractivity contribution < 1.29 is 38.5 Å². The Bertz CT molecular complexity index is 1950. The van der Waals surface area contributed by atoms with Crippen LogP contribution in [0.3, 0.4) is 0 Å². The lowest BCUT2D eigenvalue weighted by Crippen LogP contribution is -2.43. The average Bonchev–Trinajstić information content (AvgIpc) is 3.60. The van der Waals surface area contributed by atoms with E-state index in [1.54, 1.807) is 74.8 Å². The van der Waals surface area contributed by atoms with Gasteiger partial charge in [0.25, 0.3) is 5.91 Å². The zero-order chi connectivity index (χ0) is 37.4. The summed E-state index contributed by atoms with van der Waals surface area (Å²) in [7, 11) is 3.33. The van der Waals surface area contributed by atoms with Gasteiger partial charge in [0.15, 0.2) is 0 Å². The maximum atomic E-state index is 13.8. The number of benzene rings is 4. The van der Waals surface area contributed by atoms with Gasteiger partial charge in [-0.2, -0.15) is 0 Å². The van der Waals surface area contributed by atoms with Crippen LogP contribution in [-0.4, -0.2) is 79.3 Å². The zero-order valence-electron chi connectivity index (χ0n) is 29.4. The van der Waals surface area contributed by atoms with Gasteiger partial charge >= 0.3 is 5.97 Å². The van der Waals surface area contributed by atoms with E-state index < -0.39 is 30.1 Å². The number of nitrogens with one attached hydrogen (secondary N) is 2. The third-order valence-electron chi connectivity index (χ3n) is 8.98. The minimum atomic E-state index is -1.35. The minimum Gasteiger partial charge on any atom is -0.456 e. The van der Waals surface area contributed by atoms with Gasteiger partial charge in [0.1, 0.15) is 18.3 Å². The lowest BCUT2D eigenvalue weighted by molar-refractivity contribution is -0.157. The van der Waals surface area contributed by atoms with Gasteiger partial charge in [0.05, 0.1) is 12.2 Å². The van der Waals surface area contributed by atoms with Gasteiger partial charge in [-0.15, -0.1) is 0 Å².